The average molecular weight is 1230 g/mol. The highest BCUT2D eigenvalue weighted by Crippen LogP contribution is 2.61. The van der Waals surface area contributed by atoms with Crippen molar-refractivity contribution in [2.45, 2.75) is 84.0 Å². The number of fused-ring (bicyclic) bond motifs is 13. The van der Waals surface area contributed by atoms with E-state index in [-0.39, 0.29) is 51.5 Å². The molecule has 3 aliphatic rings. The summed E-state index contributed by atoms with van der Waals surface area (Å²) in [6.45, 7) is 19.6. The molecule has 1 aromatic heterocycles. The van der Waals surface area contributed by atoms with Gasteiger partial charge in [-0.15, -0.1) is 0 Å². The Kier molecular flexibility index (Phi) is 11.0. The molecule has 95 heavy (non-hydrogen) atoms. The fraction of sp³-hybridized carbons (Fsp3) is 0.143. The Balaban J connectivity index is 1.13. The predicted octanol–water partition coefficient (Wildman–Crippen LogP) is 22.1. The van der Waals surface area contributed by atoms with Crippen molar-refractivity contribution in [2.24, 2.45) is 0 Å². The van der Waals surface area contributed by atoms with Crippen LogP contribution in [0.1, 0.15) is 115 Å². The maximum absolute atomic E-state index is 9.68. The fourth-order valence-electron chi connectivity index (χ4n) is 15.7. The van der Waals surface area contributed by atoms with E-state index in [2.05, 4.69) is 277 Å². The van der Waals surface area contributed by atoms with E-state index in [4.69, 9.17) is 5.48 Å². The van der Waals surface area contributed by atoms with Crippen molar-refractivity contribution in [3.8, 4) is 50.2 Å². The highest BCUT2D eigenvalue weighted by molar-refractivity contribution is 6.99. The molecule has 0 saturated heterocycles. The molecule has 17 rings (SSSR count). The van der Waals surface area contributed by atoms with Gasteiger partial charge in [-0.1, -0.05) is 286 Å². The van der Waals surface area contributed by atoms with Gasteiger partial charge in [0.25, 0.3) is 0 Å². The first kappa shape index (κ1) is 48.1. The maximum atomic E-state index is 9.68. The minimum atomic E-state index is -1.21. The van der Waals surface area contributed by atoms with Crippen LogP contribution in [0.25, 0.3) is 72.0 Å². The molecule has 0 bridgehead atoms. The molecule has 4 heteroatoms. The maximum Gasteiger partial charge on any atom is 0.247 e. The number of anilines is 6. The Hall–Kier alpha value is -10.7. The number of benzene rings is 13. The molecule has 0 atom stereocenters. The molecule has 13 aromatic carbocycles. The van der Waals surface area contributed by atoms with Crippen LogP contribution >= 0.6 is 0 Å². The van der Waals surface area contributed by atoms with Gasteiger partial charge in [0, 0.05) is 44.6 Å². The summed E-state index contributed by atoms with van der Waals surface area (Å²) in [6.07, 6.45) is 0. The van der Waals surface area contributed by atoms with Crippen LogP contribution in [0.3, 0.4) is 0 Å². The molecule has 0 unspecified atom stereocenters. The van der Waals surface area contributed by atoms with Gasteiger partial charge in [0.05, 0.1) is 47.2 Å². The minimum absolute atomic E-state index is 0.0537. The predicted molar refractivity (Wildman–Crippen MR) is 405 cm³/mol. The molecule has 458 valence electrons. The second kappa shape index (κ2) is 21.7. The summed E-state index contributed by atoms with van der Waals surface area (Å²) in [4.78, 5) is 4.78. The zero-order chi connectivity index (χ0) is 73.4. The molecular formula is C91H76BN3. The van der Waals surface area contributed by atoms with Crippen LogP contribution in [-0.2, 0) is 21.7 Å². The summed E-state index contributed by atoms with van der Waals surface area (Å²) in [5.41, 5.74) is 20.9. The highest BCUT2D eigenvalue weighted by Gasteiger charge is 2.56. The lowest BCUT2D eigenvalue weighted by Crippen LogP contribution is -2.65. The van der Waals surface area contributed by atoms with Gasteiger partial charge in [0.1, 0.15) is 0 Å². The lowest BCUT2D eigenvalue weighted by Gasteiger charge is -2.52. The first-order valence-corrected chi connectivity index (χ1v) is 33.0. The number of aromatic nitrogens is 1. The van der Waals surface area contributed by atoms with Gasteiger partial charge in [0.15, 0.2) is 0 Å². The number of rotatable bonds is 7. The van der Waals surface area contributed by atoms with E-state index in [9.17, 15) is 8.22 Å². The van der Waals surface area contributed by atoms with Crippen molar-refractivity contribution >= 4 is 79.0 Å². The lowest BCUT2D eigenvalue weighted by molar-refractivity contribution is 0.590. The van der Waals surface area contributed by atoms with Crippen molar-refractivity contribution in [3.63, 3.8) is 0 Å². The smallest absolute Gasteiger partial charge is 0.247 e. The SMILES string of the molecule is [2H]c1c([2H])c([2H])c(-c2ccc3c(c2)B2c4ccc(-c5c([2H])c([2H])c([2H])c([2H])c5[2H])cc4N(c4c(-c5ccccc5)cc(C(C)(C)C)cc4-c4ccccc4)c4cc(-n5c6ccc(C(C)(C)C)cc6c6cc(C(C)(C)C)ccc65)cc(c42)C32c3ccccc3N(c3ccccc3)c3ccccc32)c([2H])c1[2H]. The quantitative estimate of drug-likeness (QED) is 0.147. The van der Waals surface area contributed by atoms with Gasteiger partial charge < -0.3 is 14.4 Å². The molecular weight excluding hydrogens is 1150 g/mol. The molecule has 0 fully saturated rings. The zero-order valence-corrected chi connectivity index (χ0v) is 54.9. The van der Waals surface area contributed by atoms with E-state index in [1.54, 1.807) is 0 Å². The van der Waals surface area contributed by atoms with E-state index in [1.807, 2.05) is 36.4 Å². The lowest BCUT2D eigenvalue weighted by atomic mass is 9.29. The van der Waals surface area contributed by atoms with Gasteiger partial charge >= 0.3 is 0 Å². The first-order valence-electron chi connectivity index (χ1n) is 38.0. The summed E-state index contributed by atoms with van der Waals surface area (Å²) in [6, 6.07) is 80.4. The monoisotopic (exact) mass is 1230 g/mol. The van der Waals surface area contributed by atoms with E-state index < -0.39 is 48.4 Å². The first-order chi connectivity index (χ1) is 50.2. The Bertz CT molecular complexity index is 5770. The molecule has 0 aliphatic carbocycles. The van der Waals surface area contributed by atoms with Gasteiger partial charge in [-0.05, 0) is 178 Å². The molecule has 4 heterocycles. The molecule has 0 amide bonds. The van der Waals surface area contributed by atoms with E-state index in [1.165, 1.54) is 11.1 Å². The van der Waals surface area contributed by atoms with E-state index >= 15 is 0 Å². The number of nitrogens with zero attached hydrogens (tertiary/aromatic N) is 3. The van der Waals surface area contributed by atoms with Crippen molar-refractivity contribution in [1.29, 1.82) is 0 Å². The molecule has 3 aliphatic heterocycles. The molecule has 0 N–H and O–H groups in total. The molecule has 1 spiro atoms. The normalized spacial score (nSPS) is 15.2. The Morgan fingerprint density at radius 3 is 1.34 bits per heavy atom. The van der Waals surface area contributed by atoms with Crippen LogP contribution in [0.4, 0.5) is 34.1 Å². The third-order valence-corrected chi connectivity index (χ3v) is 20.2. The second-order valence-electron chi connectivity index (χ2n) is 28.9. The summed E-state index contributed by atoms with van der Waals surface area (Å²) in [7, 11) is 0. The third-order valence-electron chi connectivity index (χ3n) is 20.2. The topological polar surface area (TPSA) is 11.4 Å². The summed E-state index contributed by atoms with van der Waals surface area (Å²) < 4.78 is 95.4. The van der Waals surface area contributed by atoms with Crippen LogP contribution in [-0.4, -0.2) is 11.3 Å². The van der Waals surface area contributed by atoms with Crippen LogP contribution in [0.2, 0.25) is 0 Å². The van der Waals surface area contributed by atoms with Gasteiger partial charge in [-0.3, -0.25) is 0 Å². The van der Waals surface area contributed by atoms with Crippen molar-refractivity contribution in [2.75, 3.05) is 9.80 Å². The standard InChI is InChI=1S/C91H76BN3/c1-88(2,3)65-45-49-80-72(53-65)73-54-66(89(4,5)6)46-50-81(73)94(80)69-57-77-86-85(58-69)95(87-70(61-33-19-12-20-34-61)55-67(90(7,8)9)56-71(87)62-35-21-13-22-36-62)84-52-64(60-31-17-11-18-32-60)44-48-78(84)92(86)79-51-63(59-29-15-10-16-30-59)43-47-74(79)91(77)75-39-25-27-41-82(75)93(68-37-23-14-24-38-68)83-42-28-26-40-76(83)91/h10-58H,1-9H3/i10D,11D,15D,16D,17D,18D,29D,30D,31D,32D. The van der Waals surface area contributed by atoms with Crippen LogP contribution < -0.4 is 26.2 Å². The third kappa shape index (κ3) is 9.16. The van der Waals surface area contributed by atoms with Gasteiger partial charge in [-0.2, -0.15) is 0 Å². The number of hydrogen-bond acceptors (Lipinski definition) is 2. The average Bonchev–Trinajstić information content (AvgIpc) is 0.742. The van der Waals surface area contributed by atoms with Gasteiger partial charge in [0.2, 0.25) is 6.71 Å². The molecule has 14 aromatic rings. The molecule has 0 radical (unpaired) electrons. The number of hydrogen-bond donors (Lipinski definition) is 0. The summed E-state index contributed by atoms with van der Waals surface area (Å²) >= 11 is 0. The van der Waals surface area contributed by atoms with Gasteiger partial charge in [-0.25, -0.2) is 0 Å². The Morgan fingerprint density at radius 2 is 0.811 bits per heavy atom. The van der Waals surface area contributed by atoms with Crippen molar-refractivity contribution in [1.82, 2.24) is 4.57 Å². The fourth-order valence-corrected chi connectivity index (χ4v) is 15.7. The van der Waals surface area contributed by atoms with Crippen molar-refractivity contribution in [3.05, 3.63) is 336 Å². The number of para-hydroxylation sites is 3. The van der Waals surface area contributed by atoms with E-state index in [0.717, 1.165) is 122 Å². The highest BCUT2D eigenvalue weighted by atomic mass is 15.2. The van der Waals surface area contributed by atoms with Crippen LogP contribution in [0.15, 0.2) is 297 Å². The zero-order valence-electron chi connectivity index (χ0n) is 64.9. The Morgan fingerprint density at radius 1 is 0.326 bits per heavy atom. The second-order valence-corrected chi connectivity index (χ2v) is 28.9. The minimum Gasteiger partial charge on any atom is -0.310 e. The molecule has 3 nitrogen and oxygen atoms in total. The van der Waals surface area contributed by atoms with Crippen molar-refractivity contribution < 1.29 is 13.7 Å². The van der Waals surface area contributed by atoms with Crippen LogP contribution in [0, 0.1) is 0 Å². The Labute approximate surface area is 574 Å². The summed E-state index contributed by atoms with van der Waals surface area (Å²) in [5, 5.41) is 2.22. The van der Waals surface area contributed by atoms with E-state index in [0.29, 0.717) is 16.8 Å². The largest absolute Gasteiger partial charge is 0.310 e. The van der Waals surface area contributed by atoms with Crippen LogP contribution in [0.5, 0.6) is 0 Å². The summed E-state index contributed by atoms with van der Waals surface area (Å²) in [5.74, 6) is 0. The molecule has 0 saturated carbocycles.